The number of anilines is 1. The molecule has 0 aliphatic heterocycles. The van der Waals surface area contributed by atoms with E-state index in [1.54, 1.807) is 19.1 Å². The zero-order valence-electron chi connectivity index (χ0n) is 13.6. The number of nitrogen functional groups attached to an aromatic ring is 1. The quantitative estimate of drug-likeness (QED) is 0.615. The first kappa shape index (κ1) is 17.9. The van der Waals surface area contributed by atoms with Crippen molar-refractivity contribution in [3.63, 3.8) is 0 Å². The van der Waals surface area contributed by atoms with Gasteiger partial charge in [-0.25, -0.2) is 9.78 Å². The molecule has 1 aromatic carbocycles. The molecule has 0 spiro atoms. The van der Waals surface area contributed by atoms with E-state index in [9.17, 15) is 14.9 Å². The lowest BCUT2D eigenvalue weighted by Gasteiger charge is -2.06. The minimum absolute atomic E-state index is 0.123. The summed E-state index contributed by atoms with van der Waals surface area (Å²) in [7, 11) is 0. The predicted molar refractivity (Wildman–Crippen MR) is 93.7 cm³/mol. The largest absolute Gasteiger partial charge is 0.445 e. The molecular formula is C17H18N4O4. The lowest BCUT2D eigenvalue weighted by molar-refractivity contribution is -0.384. The van der Waals surface area contributed by atoms with Crippen molar-refractivity contribution in [2.75, 3.05) is 12.3 Å². The molecule has 0 aliphatic carbocycles. The van der Waals surface area contributed by atoms with E-state index < -0.39 is 11.0 Å². The van der Waals surface area contributed by atoms with Crippen LogP contribution in [0.1, 0.15) is 16.7 Å². The first-order valence-electron chi connectivity index (χ1n) is 7.49. The Hall–Kier alpha value is -3.42. The Kier molecular flexibility index (Phi) is 6.05. The lowest BCUT2D eigenvalue weighted by Crippen LogP contribution is -2.24. The van der Waals surface area contributed by atoms with Crippen molar-refractivity contribution in [1.29, 1.82) is 0 Å². The van der Waals surface area contributed by atoms with E-state index in [1.165, 1.54) is 6.20 Å². The highest BCUT2D eigenvalue weighted by Gasteiger charge is 2.18. The van der Waals surface area contributed by atoms with Crippen LogP contribution >= 0.6 is 0 Å². The molecule has 1 heterocycles. The molecule has 0 unspecified atom stereocenters. The van der Waals surface area contributed by atoms with Gasteiger partial charge in [-0.3, -0.25) is 10.1 Å². The van der Waals surface area contributed by atoms with Gasteiger partial charge < -0.3 is 15.8 Å². The fraction of sp³-hybridized carbons (Fsp3) is 0.176. The van der Waals surface area contributed by atoms with E-state index in [-0.39, 0.29) is 24.7 Å². The van der Waals surface area contributed by atoms with E-state index in [2.05, 4.69) is 10.3 Å². The van der Waals surface area contributed by atoms with Crippen molar-refractivity contribution in [1.82, 2.24) is 10.3 Å². The third-order valence-electron chi connectivity index (χ3n) is 3.43. The normalized spacial score (nSPS) is 10.6. The fourth-order valence-corrected chi connectivity index (χ4v) is 2.13. The van der Waals surface area contributed by atoms with Crippen LogP contribution in [-0.2, 0) is 11.3 Å². The van der Waals surface area contributed by atoms with Crippen LogP contribution in [-0.4, -0.2) is 22.5 Å². The second-order valence-electron chi connectivity index (χ2n) is 5.17. The average molecular weight is 342 g/mol. The van der Waals surface area contributed by atoms with Crippen molar-refractivity contribution in [3.8, 4) is 0 Å². The van der Waals surface area contributed by atoms with Gasteiger partial charge in [0.05, 0.1) is 4.92 Å². The summed E-state index contributed by atoms with van der Waals surface area (Å²) in [5, 5.41) is 13.6. The molecule has 0 radical (unpaired) electrons. The number of carbonyl (C=O) groups is 1. The summed E-state index contributed by atoms with van der Waals surface area (Å²) in [4.78, 5) is 25.8. The summed E-state index contributed by atoms with van der Waals surface area (Å²) in [6.45, 7) is 1.99. The summed E-state index contributed by atoms with van der Waals surface area (Å²) in [6, 6.07) is 9.32. The highest BCUT2D eigenvalue weighted by molar-refractivity contribution is 5.68. The molecule has 130 valence electrons. The molecule has 0 bridgehead atoms. The van der Waals surface area contributed by atoms with Crippen molar-refractivity contribution in [3.05, 3.63) is 69.4 Å². The molecule has 0 saturated heterocycles. The maximum absolute atomic E-state index is 11.6. The maximum Gasteiger partial charge on any atom is 0.407 e. The van der Waals surface area contributed by atoms with Gasteiger partial charge in [-0.1, -0.05) is 42.5 Å². The van der Waals surface area contributed by atoms with Gasteiger partial charge in [-0.15, -0.1) is 0 Å². The van der Waals surface area contributed by atoms with Gasteiger partial charge in [0, 0.05) is 23.9 Å². The number of aromatic nitrogens is 1. The second kappa shape index (κ2) is 8.44. The van der Waals surface area contributed by atoms with Crippen LogP contribution in [0.3, 0.4) is 0 Å². The number of carbonyl (C=O) groups excluding carboxylic acids is 1. The van der Waals surface area contributed by atoms with Crippen molar-refractivity contribution < 1.29 is 14.5 Å². The maximum atomic E-state index is 11.6. The van der Waals surface area contributed by atoms with E-state index in [0.717, 1.165) is 5.56 Å². The highest BCUT2D eigenvalue weighted by Crippen LogP contribution is 2.26. The molecule has 1 aromatic heterocycles. The smallest absolute Gasteiger partial charge is 0.407 e. The zero-order chi connectivity index (χ0) is 18.2. The number of nitrogens with one attached hydrogen (secondary N) is 1. The number of pyridine rings is 1. The Morgan fingerprint density at radius 3 is 2.80 bits per heavy atom. The number of nitrogens with two attached hydrogens (primary N) is 1. The Morgan fingerprint density at radius 2 is 2.12 bits per heavy atom. The molecule has 2 rings (SSSR count). The number of nitro groups is 1. The van der Waals surface area contributed by atoms with Crippen LogP contribution in [0.25, 0.3) is 6.08 Å². The molecule has 1 amide bonds. The molecule has 25 heavy (non-hydrogen) atoms. The minimum atomic E-state index is -0.561. The second-order valence-corrected chi connectivity index (χ2v) is 5.17. The summed E-state index contributed by atoms with van der Waals surface area (Å²) >= 11 is 0. The fourth-order valence-electron chi connectivity index (χ4n) is 2.13. The van der Waals surface area contributed by atoms with Gasteiger partial charge in [-0.2, -0.15) is 0 Å². The molecule has 3 N–H and O–H groups in total. The van der Waals surface area contributed by atoms with Gasteiger partial charge in [0.1, 0.15) is 6.61 Å². The SMILES string of the molecule is Cc1c(C=CCNC(=O)OCc2ccccc2)cnc(N)c1[N+](=O)[O-]. The number of nitrogens with zero attached hydrogens (tertiary/aromatic N) is 2. The van der Waals surface area contributed by atoms with E-state index in [0.29, 0.717) is 11.1 Å². The molecule has 0 fully saturated rings. The van der Waals surface area contributed by atoms with E-state index in [1.807, 2.05) is 30.3 Å². The number of ether oxygens (including phenoxy) is 1. The molecule has 0 atom stereocenters. The van der Waals surface area contributed by atoms with E-state index in [4.69, 9.17) is 10.5 Å². The van der Waals surface area contributed by atoms with E-state index >= 15 is 0 Å². The number of rotatable bonds is 6. The molecule has 0 saturated carbocycles. The number of benzene rings is 1. The Bertz CT molecular complexity index is 791. The van der Waals surface area contributed by atoms with Crippen LogP contribution in [0, 0.1) is 17.0 Å². The van der Waals surface area contributed by atoms with Crippen LogP contribution < -0.4 is 11.1 Å². The molecule has 8 nitrogen and oxygen atoms in total. The zero-order valence-corrected chi connectivity index (χ0v) is 13.6. The Morgan fingerprint density at radius 1 is 1.40 bits per heavy atom. The average Bonchev–Trinajstić information content (AvgIpc) is 2.59. The Balaban J connectivity index is 1.86. The molecule has 2 aromatic rings. The first-order chi connectivity index (χ1) is 12.0. The van der Waals surface area contributed by atoms with Crippen molar-refractivity contribution in [2.24, 2.45) is 0 Å². The third kappa shape index (κ3) is 5.03. The summed E-state index contributed by atoms with van der Waals surface area (Å²) < 4.78 is 5.07. The van der Waals surface area contributed by atoms with Crippen molar-refractivity contribution in [2.45, 2.75) is 13.5 Å². The van der Waals surface area contributed by atoms with Crippen LogP contribution in [0.2, 0.25) is 0 Å². The van der Waals surface area contributed by atoms with Gasteiger partial charge >= 0.3 is 11.8 Å². The predicted octanol–water partition coefficient (Wildman–Crippen LogP) is 2.82. The third-order valence-corrected chi connectivity index (χ3v) is 3.43. The number of alkyl carbamates (subject to hydrolysis) is 1. The summed E-state index contributed by atoms with van der Waals surface area (Å²) in [5.74, 6) is -0.123. The number of hydrogen-bond acceptors (Lipinski definition) is 6. The minimum Gasteiger partial charge on any atom is -0.445 e. The van der Waals surface area contributed by atoms with Gasteiger partial charge in [0.2, 0.25) is 5.82 Å². The highest BCUT2D eigenvalue weighted by atomic mass is 16.6. The lowest BCUT2D eigenvalue weighted by atomic mass is 10.1. The first-order valence-corrected chi connectivity index (χ1v) is 7.49. The van der Waals surface area contributed by atoms with Crippen LogP contribution in [0.4, 0.5) is 16.3 Å². The van der Waals surface area contributed by atoms with Gasteiger partial charge in [-0.05, 0) is 12.5 Å². The molecular weight excluding hydrogens is 324 g/mol. The van der Waals surface area contributed by atoms with Crippen LogP contribution in [0.15, 0.2) is 42.6 Å². The molecule has 8 heteroatoms. The molecule has 0 aliphatic rings. The topological polar surface area (TPSA) is 120 Å². The summed E-state index contributed by atoms with van der Waals surface area (Å²) in [5.41, 5.74) is 7.17. The number of amides is 1. The summed E-state index contributed by atoms with van der Waals surface area (Å²) in [6.07, 6.45) is 4.17. The van der Waals surface area contributed by atoms with Crippen molar-refractivity contribution >= 4 is 23.7 Å². The monoisotopic (exact) mass is 342 g/mol. The van der Waals surface area contributed by atoms with Crippen LogP contribution in [0.5, 0.6) is 0 Å². The van der Waals surface area contributed by atoms with Gasteiger partial charge in [0.15, 0.2) is 0 Å². The van der Waals surface area contributed by atoms with Gasteiger partial charge in [0.25, 0.3) is 0 Å². The standard InChI is InChI=1S/C17H18N4O4/c1-12-14(10-20-16(18)15(12)21(23)24)8-5-9-19-17(22)25-11-13-6-3-2-4-7-13/h2-8,10H,9,11H2,1H3,(H2,18,20)(H,19,22). The number of hydrogen-bond donors (Lipinski definition) is 2. The Labute approximate surface area is 144 Å².